The van der Waals surface area contributed by atoms with Gasteiger partial charge in [0, 0.05) is 13.1 Å². The van der Waals surface area contributed by atoms with E-state index in [4.69, 9.17) is 10.5 Å². The number of nitrogens with two attached hydrogens (primary N) is 1. The molecule has 0 saturated heterocycles. The zero-order valence-corrected chi connectivity index (χ0v) is 11.9. The molecule has 0 aliphatic heterocycles. The van der Waals surface area contributed by atoms with Crippen molar-refractivity contribution in [2.24, 2.45) is 5.73 Å². The Labute approximate surface area is 124 Å². The van der Waals surface area contributed by atoms with Crippen LogP contribution in [0.2, 0.25) is 0 Å². The molecule has 2 aromatic carbocycles. The van der Waals surface area contributed by atoms with Gasteiger partial charge >= 0.3 is 6.03 Å². The highest BCUT2D eigenvalue weighted by Crippen LogP contribution is 2.22. The maximum absolute atomic E-state index is 11.9. The lowest BCUT2D eigenvalue weighted by Crippen LogP contribution is -2.28. The quantitative estimate of drug-likeness (QED) is 0.790. The van der Waals surface area contributed by atoms with Crippen LogP contribution in [-0.2, 0) is 13.1 Å². The first-order chi connectivity index (χ1) is 10.2. The van der Waals surface area contributed by atoms with E-state index in [0.29, 0.717) is 24.5 Å². The molecule has 0 unspecified atom stereocenters. The van der Waals surface area contributed by atoms with Gasteiger partial charge in [-0.1, -0.05) is 36.4 Å². The number of hydrogen-bond donors (Lipinski definition) is 3. The zero-order valence-electron chi connectivity index (χ0n) is 11.9. The molecule has 0 aliphatic carbocycles. The largest absolute Gasteiger partial charge is 0.495 e. The van der Waals surface area contributed by atoms with Crippen LogP contribution >= 0.6 is 0 Å². The standard InChI is InChI=1S/C16H19N3O2/c1-21-15-8-3-2-7-14(15)19-16(20)18-11-13-6-4-5-12(9-13)10-17/h2-9H,10-11,17H2,1H3,(H2,18,19,20). The fraction of sp³-hybridized carbons (Fsp3) is 0.188. The van der Waals surface area contributed by atoms with Crippen molar-refractivity contribution in [1.29, 1.82) is 0 Å². The minimum atomic E-state index is -0.280. The number of amides is 2. The normalized spacial score (nSPS) is 10.0. The van der Waals surface area contributed by atoms with Crippen LogP contribution in [0.1, 0.15) is 11.1 Å². The second-order valence-corrected chi connectivity index (χ2v) is 4.53. The number of hydrogen-bond acceptors (Lipinski definition) is 3. The predicted molar refractivity (Wildman–Crippen MR) is 83.2 cm³/mol. The Morgan fingerprint density at radius 3 is 2.67 bits per heavy atom. The van der Waals surface area contributed by atoms with E-state index >= 15 is 0 Å². The summed E-state index contributed by atoms with van der Waals surface area (Å²) in [7, 11) is 1.57. The van der Waals surface area contributed by atoms with Crippen molar-refractivity contribution in [3.05, 3.63) is 59.7 Å². The highest BCUT2D eigenvalue weighted by atomic mass is 16.5. The van der Waals surface area contributed by atoms with Crippen molar-refractivity contribution in [2.45, 2.75) is 13.1 Å². The SMILES string of the molecule is COc1ccccc1NC(=O)NCc1cccc(CN)c1. The Kier molecular flexibility index (Phi) is 5.17. The number of rotatable bonds is 5. The number of anilines is 1. The first-order valence-corrected chi connectivity index (χ1v) is 6.68. The first kappa shape index (κ1) is 14.9. The van der Waals surface area contributed by atoms with Gasteiger partial charge in [-0.15, -0.1) is 0 Å². The number of ether oxygens (including phenoxy) is 1. The molecular formula is C16H19N3O2. The topological polar surface area (TPSA) is 76.4 Å². The Morgan fingerprint density at radius 1 is 1.14 bits per heavy atom. The molecule has 0 aliphatic rings. The van der Waals surface area contributed by atoms with E-state index in [9.17, 15) is 4.79 Å². The smallest absolute Gasteiger partial charge is 0.319 e. The molecule has 0 atom stereocenters. The third-order valence-corrected chi connectivity index (χ3v) is 3.04. The van der Waals surface area contributed by atoms with Gasteiger partial charge in [-0.2, -0.15) is 0 Å². The molecule has 0 heterocycles. The predicted octanol–water partition coefficient (Wildman–Crippen LogP) is 2.48. The molecule has 5 heteroatoms. The van der Waals surface area contributed by atoms with Crippen molar-refractivity contribution < 1.29 is 9.53 Å². The summed E-state index contributed by atoms with van der Waals surface area (Å²) in [5, 5.41) is 5.56. The first-order valence-electron chi connectivity index (χ1n) is 6.68. The number of carbonyl (C=O) groups is 1. The molecule has 0 saturated carbocycles. The molecule has 2 amide bonds. The average molecular weight is 285 g/mol. The highest BCUT2D eigenvalue weighted by Gasteiger charge is 2.06. The fourth-order valence-corrected chi connectivity index (χ4v) is 1.96. The second-order valence-electron chi connectivity index (χ2n) is 4.53. The summed E-state index contributed by atoms with van der Waals surface area (Å²) in [4.78, 5) is 11.9. The minimum absolute atomic E-state index is 0.280. The Hall–Kier alpha value is -2.53. The van der Waals surface area contributed by atoms with Gasteiger partial charge in [-0.05, 0) is 23.3 Å². The average Bonchev–Trinajstić information content (AvgIpc) is 2.53. The lowest BCUT2D eigenvalue weighted by molar-refractivity contribution is 0.251. The number of methoxy groups -OCH3 is 1. The molecule has 5 nitrogen and oxygen atoms in total. The van der Waals surface area contributed by atoms with Gasteiger partial charge in [0.25, 0.3) is 0 Å². The van der Waals surface area contributed by atoms with Crippen LogP contribution in [0.4, 0.5) is 10.5 Å². The molecule has 2 aromatic rings. The van der Waals surface area contributed by atoms with Crippen molar-refractivity contribution >= 4 is 11.7 Å². The summed E-state index contributed by atoms with van der Waals surface area (Å²) >= 11 is 0. The van der Waals surface area contributed by atoms with Crippen LogP contribution in [0.5, 0.6) is 5.75 Å². The Morgan fingerprint density at radius 2 is 1.90 bits per heavy atom. The van der Waals surface area contributed by atoms with Gasteiger partial charge in [-0.3, -0.25) is 0 Å². The molecule has 2 rings (SSSR count). The second kappa shape index (κ2) is 7.31. The zero-order chi connectivity index (χ0) is 15.1. The van der Waals surface area contributed by atoms with Gasteiger partial charge in [-0.25, -0.2) is 4.79 Å². The molecule has 0 bridgehead atoms. The molecule has 110 valence electrons. The lowest BCUT2D eigenvalue weighted by Gasteiger charge is -2.11. The number of para-hydroxylation sites is 2. The van der Waals surface area contributed by atoms with E-state index in [-0.39, 0.29) is 6.03 Å². The van der Waals surface area contributed by atoms with Gasteiger partial charge in [0.05, 0.1) is 12.8 Å². The number of carbonyl (C=O) groups excluding carboxylic acids is 1. The Balaban J connectivity index is 1.92. The van der Waals surface area contributed by atoms with Gasteiger partial charge in [0.15, 0.2) is 0 Å². The van der Waals surface area contributed by atoms with Crippen LogP contribution in [0.3, 0.4) is 0 Å². The highest BCUT2D eigenvalue weighted by molar-refractivity contribution is 5.90. The molecule has 0 fully saturated rings. The minimum Gasteiger partial charge on any atom is -0.495 e. The van der Waals surface area contributed by atoms with E-state index in [1.807, 2.05) is 36.4 Å². The molecular weight excluding hydrogens is 266 g/mol. The molecule has 0 aromatic heterocycles. The summed E-state index contributed by atoms with van der Waals surface area (Å²) in [6.45, 7) is 0.927. The van der Waals surface area contributed by atoms with Crippen LogP contribution in [0, 0.1) is 0 Å². The monoisotopic (exact) mass is 285 g/mol. The number of benzene rings is 2. The van der Waals surface area contributed by atoms with Crippen LogP contribution in [0.25, 0.3) is 0 Å². The van der Waals surface area contributed by atoms with Crippen molar-refractivity contribution in [1.82, 2.24) is 5.32 Å². The summed E-state index contributed by atoms with van der Waals surface area (Å²) < 4.78 is 5.18. The fourth-order valence-electron chi connectivity index (χ4n) is 1.96. The van der Waals surface area contributed by atoms with E-state index in [1.165, 1.54) is 0 Å². The third kappa shape index (κ3) is 4.22. The van der Waals surface area contributed by atoms with Crippen LogP contribution in [0.15, 0.2) is 48.5 Å². The lowest BCUT2D eigenvalue weighted by atomic mass is 10.1. The summed E-state index contributed by atoms with van der Waals surface area (Å²) in [6.07, 6.45) is 0. The number of nitrogens with one attached hydrogen (secondary N) is 2. The summed E-state index contributed by atoms with van der Waals surface area (Å²) in [6, 6.07) is 14.8. The van der Waals surface area contributed by atoms with Crippen molar-refractivity contribution in [3.63, 3.8) is 0 Å². The summed E-state index contributed by atoms with van der Waals surface area (Å²) in [5.41, 5.74) is 8.28. The molecule has 0 radical (unpaired) electrons. The summed E-state index contributed by atoms with van der Waals surface area (Å²) in [5.74, 6) is 0.623. The molecule has 21 heavy (non-hydrogen) atoms. The van der Waals surface area contributed by atoms with Gasteiger partial charge in [0.2, 0.25) is 0 Å². The van der Waals surface area contributed by atoms with Gasteiger partial charge in [0.1, 0.15) is 5.75 Å². The number of urea groups is 1. The Bertz CT molecular complexity index is 614. The van der Waals surface area contributed by atoms with Crippen molar-refractivity contribution in [2.75, 3.05) is 12.4 Å². The maximum Gasteiger partial charge on any atom is 0.319 e. The van der Waals surface area contributed by atoms with Crippen LogP contribution in [-0.4, -0.2) is 13.1 Å². The third-order valence-electron chi connectivity index (χ3n) is 3.04. The van der Waals surface area contributed by atoms with Crippen LogP contribution < -0.4 is 21.1 Å². The van der Waals surface area contributed by atoms with E-state index in [2.05, 4.69) is 10.6 Å². The van der Waals surface area contributed by atoms with E-state index in [0.717, 1.165) is 11.1 Å². The van der Waals surface area contributed by atoms with E-state index in [1.54, 1.807) is 19.2 Å². The van der Waals surface area contributed by atoms with Gasteiger partial charge < -0.3 is 21.1 Å². The molecule has 0 spiro atoms. The van der Waals surface area contributed by atoms with E-state index < -0.39 is 0 Å². The molecule has 4 N–H and O–H groups in total. The van der Waals surface area contributed by atoms with Crippen molar-refractivity contribution in [3.8, 4) is 5.75 Å². The maximum atomic E-state index is 11.9.